The molecule has 0 bridgehead atoms. The van der Waals surface area contributed by atoms with Gasteiger partial charge in [-0.1, -0.05) is 0 Å². The van der Waals surface area contributed by atoms with E-state index in [1.54, 1.807) is 30.3 Å². The molecule has 104 valence electrons. The molecule has 0 fully saturated rings. The van der Waals surface area contributed by atoms with Gasteiger partial charge in [0.05, 0.1) is 5.56 Å². The van der Waals surface area contributed by atoms with Crippen LogP contribution in [0.1, 0.15) is 22.8 Å². The summed E-state index contributed by atoms with van der Waals surface area (Å²) in [5, 5.41) is 8.99. The van der Waals surface area contributed by atoms with Gasteiger partial charge in [0, 0.05) is 17.9 Å². The van der Waals surface area contributed by atoms with Crippen LogP contribution in [0, 0.1) is 12.7 Å². The van der Waals surface area contributed by atoms with Crippen LogP contribution < -0.4 is 4.90 Å². The molecule has 2 rings (SSSR count). The van der Waals surface area contributed by atoms with E-state index in [9.17, 15) is 9.18 Å². The maximum absolute atomic E-state index is 13.0. The van der Waals surface area contributed by atoms with Gasteiger partial charge in [-0.05, 0) is 61.9 Å². The van der Waals surface area contributed by atoms with Crippen LogP contribution in [0.3, 0.4) is 0 Å². The number of halogens is 1. The topological polar surface area (TPSA) is 40.5 Å². The van der Waals surface area contributed by atoms with Crippen molar-refractivity contribution in [1.29, 1.82) is 0 Å². The van der Waals surface area contributed by atoms with Gasteiger partial charge in [-0.2, -0.15) is 0 Å². The van der Waals surface area contributed by atoms with Crippen molar-refractivity contribution >= 4 is 17.3 Å². The zero-order valence-electron chi connectivity index (χ0n) is 11.4. The zero-order valence-corrected chi connectivity index (χ0v) is 11.4. The average molecular weight is 273 g/mol. The molecule has 0 saturated heterocycles. The summed E-state index contributed by atoms with van der Waals surface area (Å²) in [6.07, 6.45) is 0. The first kappa shape index (κ1) is 14.1. The van der Waals surface area contributed by atoms with Crippen molar-refractivity contribution in [2.45, 2.75) is 13.8 Å². The Morgan fingerprint density at radius 1 is 1.20 bits per heavy atom. The summed E-state index contributed by atoms with van der Waals surface area (Å²) in [6.45, 7) is 4.57. The number of aryl methyl sites for hydroxylation is 1. The monoisotopic (exact) mass is 273 g/mol. The van der Waals surface area contributed by atoms with Gasteiger partial charge in [0.2, 0.25) is 0 Å². The molecule has 0 unspecified atom stereocenters. The van der Waals surface area contributed by atoms with Crippen molar-refractivity contribution in [3.8, 4) is 0 Å². The second kappa shape index (κ2) is 5.74. The van der Waals surface area contributed by atoms with Crippen molar-refractivity contribution in [3.05, 3.63) is 59.4 Å². The minimum atomic E-state index is -0.940. The molecule has 1 N–H and O–H groups in total. The summed E-state index contributed by atoms with van der Waals surface area (Å²) in [5.74, 6) is -1.22. The van der Waals surface area contributed by atoms with Gasteiger partial charge in [-0.3, -0.25) is 0 Å². The Labute approximate surface area is 117 Å². The van der Waals surface area contributed by atoms with Crippen molar-refractivity contribution in [3.63, 3.8) is 0 Å². The summed E-state index contributed by atoms with van der Waals surface area (Å²) in [4.78, 5) is 13.0. The van der Waals surface area contributed by atoms with Gasteiger partial charge >= 0.3 is 5.97 Å². The lowest BCUT2D eigenvalue weighted by atomic mass is 10.1. The van der Waals surface area contributed by atoms with E-state index in [0.29, 0.717) is 6.54 Å². The number of anilines is 2. The van der Waals surface area contributed by atoms with Crippen LogP contribution in [0.2, 0.25) is 0 Å². The number of carboxylic acids is 1. The first-order valence-electron chi connectivity index (χ1n) is 6.40. The molecule has 0 amide bonds. The Bertz CT molecular complexity index is 623. The first-order chi connectivity index (χ1) is 9.52. The second-order valence-electron chi connectivity index (χ2n) is 4.53. The van der Waals surface area contributed by atoms with Crippen molar-refractivity contribution < 1.29 is 14.3 Å². The molecule has 0 heterocycles. The average Bonchev–Trinajstić information content (AvgIpc) is 2.43. The fourth-order valence-corrected chi connectivity index (χ4v) is 2.20. The largest absolute Gasteiger partial charge is 0.478 e. The maximum Gasteiger partial charge on any atom is 0.335 e. The van der Waals surface area contributed by atoms with E-state index in [4.69, 9.17) is 5.11 Å². The van der Waals surface area contributed by atoms with Gasteiger partial charge in [-0.15, -0.1) is 0 Å². The van der Waals surface area contributed by atoms with E-state index in [1.165, 1.54) is 12.1 Å². The maximum atomic E-state index is 13.0. The summed E-state index contributed by atoms with van der Waals surface area (Å²) >= 11 is 0. The van der Waals surface area contributed by atoms with E-state index in [0.717, 1.165) is 16.9 Å². The quantitative estimate of drug-likeness (QED) is 0.915. The molecule has 0 radical (unpaired) electrons. The van der Waals surface area contributed by atoms with Crippen LogP contribution in [0.25, 0.3) is 0 Å². The van der Waals surface area contributed by atoms with Gasteiger partial charge in [0.1, 0.15) is 5.82 Å². The molecule has 0 saturated carbocycles. The summed E-state index contributed by atoms with van der Waals surface area (Å²) in [6, 6.07) is 11.3. The highest BCUT2D eigenvalue weighted by Gasteiger charge is 2.12. The fraction of sp³-hybridized carbons (Fsp3) is 0.188. The van der Waals surface area contributed by atoms with Crippen molar-refractivity contribution in [2.75, 3.05) is 11.4 Å². The normalized spacial score (nSPS) is 10.3. The number of hydrogen-bond donors (Lipinski definition) is 1. The number of benzene rings is 2. The predicted molar refractivity (Wildman–Crippen MR) is 77.2 cm³/mol. The third-order valence-electron chi connectivity index (χ3n) is 3.19. The molecule has 0 spiro atoms. The highest BCUT2D eigenvalue weighted by atomic mass is 19.1. The predicted octanol–water partition coefficient (Wildman–Crippen LogP) is 3.99. The molecule has 0 aromatic heterocycles. The smallest absolute Gasteiger partial charge is 0.335 e. The molecule has 20 heavy (non-hydrogen) atoms. The van der Waals surface area contributed by atoms with E-state index in [-0.39, 0.29) is 11.4 Å². The highest BCUT2D eigenvalue weighted by Crippen LogP contribution is 2.28. The molecule has 0 aliphatic carbocycles. The standard InChI is InChI=1S/C16H16FNO2/c1-3-18(14-7-5-13(17)6-8-14)15-9-4-12(16(19)20)10-11(15)2/h4-10H,3H2,1-2H3,(H,19,20). The molecule has 0 aliphatic heterocycles. The van der Waals surface area contributed by atoms with Crippen LogP contribution in [0.4, 0.5) is 15.8 Å². The zero-order chi connectivity index (χ0) is 14.7. The summed E-state index contributed by atoms with van der Waals surface area (Å²) < 4.78 is 13.0. The number of hydrogen-bond acceptors (Lipinski definition) is 2. The molecule has 3 nitrogen and oxygen atoms in total. The third-order valence-corrected chi connectivity index (χ3v) is 3.19. The van der Waals surface area contributed by atoms with E-state index < -0.39 is 5.97 Å². The van der Waals surface area contributed by atoms with E-state index in [1.807, 2.05) is 18.7 Å². The van der Waals surface area contributed by atoms with Crippen LogP contribution in [-0.2, 0) is 0 Å². The summed E-state index contributed by atoms with van der Waals surface area (Å²) in [7, 11) is 0. The Balaban J connectivity index is 2.41. The Hall–Kier alpha value is -2.36. The number of nitrogens with zero attached hydrogens (tertiary/aromatic N) is 1. The molecule has 4 heteroatoms. The Morgan fingerprint density at radius 3 is 2.35 bits per heavy atom. The van der Waals surface area contributed by atoms with Crippen LogP contribution in [0.5, 0.6) is 0 Å². The van der Waals surface area contributed by atoms with Gasteiger partial charge in [0.25, 0.3) is 0 Å². The summed E-state index contributed by atoms with van der Waals surface area (Å²) in [5.41, 5.74) is 2.93. The molecule has 2 aromatic rings. The Kier molecular flexibility index (Phi) is 4.03. The SMILES string of the molecule is CCN(c1ccc(F)cc1)c1ccc(C(=O)O)cc1C. The lowest BCUT2D eigenvalue weighted by Crippen LogP contribution is -2.17. The molecule has 0 atom stereocenters. The van der Waals surface area contributed by atoms with Crippen molar-refractivity contribution in [2.24, 2.45) is 0 Å². The van der Waals surface area contributed by atoms with E-state index >= 15 is 0 Å². The third kappa shape index (κ3) is 2.79. The minimum absolute atomic E-state index is 0.265. The molecular formula is C16H16FNO2. The Morgan fingerprint density at radius 2 is 1.85 bits per heavy atom. The number of aromatic carboxylic acids is 1. The lowest BCUT2D eigenvalue weighted by Gasteiger charge is -2.25. The van der Waals surface area contributed by atoms with Crippen LogP contribution >= 0.6 is 0 Å². The van der Waals surface area contributed by atoms with Crippen LogP contribution in [-0.4, -0.2) is 17.6 Å². The number of carboxylic acid groups (broad SMARTS) is 1. The number of rotatable bonds is 4. The first-order valence-corrected chi connectivity index (χ1v) is 6.40. The van der Waals surface area contributed by atoms with Crippen molar-refractivity contribution in [1.82, 2.24) is 0 Å². The van der Waals surface area contributed by atoms with Gasteiger partial charge in [-0.25, -0.2) is 9.18 Å². The second-order valence-corrected chi connectivity index (χ2v) is 4.53. The highest BCUT2D eigenvalue weighted by molar-refractivity contribution is 5.88. The lowest BCUT2D eigenvalue weighted by molar-refractivity contribution is 0.0697. The van der Waals surface area contributed by atoms with Gasteiger partial charge < -0.3 is 10.0 Å². The minimum Gasteiger partial charge on any atom is -0.478 e. The fourth-order valence-electron chi connectivity index (χ4n) is 2.20. The number of carbonyl (C=O) groups is 1. The molecular weight excluding hydrogens is 257 g/mol. The van der Waals surface area contributed by atoms with Gasteiger partial charge in [0.15, 0.2) is 0 Å². The van der Waals surface area contributed by atoms with Crippen LogP contribution in [0.15, 0.2) is 42.5 Å². The van der Waals surface area contributed by atoms with E-state index in [2.05, 4.69) is 0 Å². The molecule has 0 aliphatic rings. The molecule has 2 aromatic carbocycles.